The summed E-state index contributed by atoms with van der Waals surface area (Å²) < 4.78 is 0. The van der Waals surface area contributed by atoms with Gasteiger partial charge < -0.3 is 10.6 Å². The van der Waals surface area contributed by atoms with Crippen LogP contribution in [0.4, 0.5) is 5.82 Å². The molecule has 0 aliphatic heterocycles. The van der Waals surface area contributed by atoms with Crippen LogP contribution in [0.2, 0.25) is 5.02 Å². The minimum atomic E-state index is -0.261. The maximum absolute atomic E-state index is 11.9. The van der Waals surface area contributed by atoms with E-state index in [9.17, 15) is 4.79 Å². The van der Waals surface area contributed by atoms with Gasteiger partial charge in [-0.25, -0.2) is 4.98 Å². The number of halogens is 1. The summed E-state index contributed by atoms with van der Waals surface area (Å²) >= 11 is 5.96. The smallest absolute Gasteiger partial charge is 0.253 e. The topological polar surface area (TPSA) is 79.8 Å². The van der Waals surface area contributed by atoms with E-state index >= 15 is 0 Å². The van der Waals surface area contributed by atoms with Crippen molar-refractivity contribution in [3.63, 3.8) is 0 Å². The third-order valence-electron chi connectivity index (χ3n) is 2.40. The monoisotopic (exact) mass is 277 g/mol. The molecule has 98 valence electrons. The second-order valence-corrected chi connectivity index (χ2v) is 4.11. The lowest BCUT2D eigenvalue weighted by Gasteiger charge is -2.06. The zero-order valence-electron chi connectivity index (χ0n) is 10.2. The number of hydrogen-bond acceptors (Lipinski definition) is 5. The molecule has 1 amide bonds. The zero-order chi connectivity index (χ0) is 13.7. The summed E-state index contributed by atoms with van der Waals surface area (Å²) in [7, 11) is 1.71. The van der Waals surface area contributed by atoms with Gasteiger partial charge in [0.25, 0.3) is 5.91 Å². The van der Waals surface area contributed by atoms with E-state index in [1.165, 1.54) is 6.20 Å². The molecule has 19 heavy (non-hydrogen) atoms. The summed E-state index contributed by atoms with van der Waals surface area (Å²) in [5.74, 6) is 0.273. The van der Waals surface area contributed by atoms with E-state index in [1.807, 2.05) is 0 Å². The lowest BCUT2D eigenvalue weighted by atomic mass is 10.2. The van der Waals surface area contributed by atoms with E-state index in [0.29, 0.717) is 28.6 Å². The van der Waals surface area contributed by atoms with Crippen LogP contribution in [0.1, 0.15) is 16.1 Å². The van der Waals surface area contributed by atoms with Crippen molar-refractivity contribution < 1.29 is 4.79 Å². The van der Waals surface area contributed by atoms with Gasteiger partial charge in [0, 0.05) is 19.4 Å². The minimum absolute atomic E-state index is 0.261. The average molecular weight is 278 g/mol. The average Bonchev–Trinajstić information content (AvgIpc) is 2.45. The summed E-state index contributed by atoms with van der Waals surface area (Å²) in [4.78, 5) is 15.9. The van der Waals surface area contributed by atoms with Crippen molar-refractivity contribution in [1.82, 2.24) is 20.5 Å². The Morgan fingerprint density at radius 1 is 1.47 bits per heavy atom. The predicted octanol–water partition coefficient (Wildman–Crippen LogP) is 1.50. The van der Waals surface area contributed by atoms with Crippen molar-refractivity contribution in [3.8, 4) is 0 Å². The Morgan fingerprint density at radius 2 is 2.32 bits per heavy atom. The highest BCUT2D eigenvalue weighted by Crippen LogP contribution is 2.19. The van der Waals surface area contributed by atoms with Crippen LogP contribution in [0.5, 0.6) is 0 Å². The Morgan fingerprint density at radius 3 is 2.95 bits per heavy atom. The molecule has 0 saturated heterocycles. The molecule has 2 aromatic rings. The Labute approximate surface area is 115 Å². The summed E-state index contributed by atoms with van der Waals surface area (Å²) in [5, 5.41) is 13.5. The Kier molecular flexibility index (Phi) is 4.25. The van der Waals surface area contributed by atoms with E-state index in [4.69, 9.17) is 11.6 Å². The number of carbonyl (C=O) groups is 1. The van der Waals surface area contributed by atoms with Gasteiger partial charge in [-0.05, 0) is 18.2 Å². The van der Waals surface area contributed by atoms with Crippen LogP contribution >= 0.6 is 11.6 Å². The number of carbonyl (C=O) groups excluding carboxylic acids is 1. The molecule has 0 atom stereocenters. The number of hydrogen-bond donors (Lipinski definition) is 2. The molecular formula is C12H12ClN5O. The Balaban J connectivity index is 2.02. The summed E-state index contributed by atoms with van der Waals surface area (Å²) in [6.45, 7) is 0.304. The van der Waals surface area contributed by atoms with Gasteiger partial charge in [-0.15, -0.1) is 0 Å². The molecule has 0 unspecified atom stereocenters. The lowest BCUT2D eigenvalue weighted by molar-refractivity contribution is 0.0950. The van der Waals surface area contributed by atoms with Crippen LogP contribution in [0.25, 0.3) is 0 Å². The lowest BCUT2D eigenvalue weighted by Crippen LogP contribution is -2.23. The first kappa shape index (κ1) is 13.2. The SMILES string of the molecule is CNc1ncc(C(=O)NCc2cccnn2)cc1Cl. The van der Waals surface area contributed by atoms with Crippen molar-refractivity contribution in [2.75, 3.05) is 12.4 Å². The molecule has 0 radical (unpaired) electrons. The fraction of sp³-hybridized carbons (Fsp3) is 0.167. The second kappa shape index (κ2) is 6.10. The highest BCUT2D eigenvalue weighted by molar-refractivity contribution is 6.33. The summed E-state index contributed by atoms with van der Waals surface area (Å²) in [5.41, 5.74) is 1.08. The van der Waals surface area contributed by atoms with Crippen molar-refractivity contribution >= 4 is 23.3 Å². The summed E-state index contributed by atoms with van der Waals surface area (Å²) in [6.07, 6.45) is 3.04. The first-order valence-corrected chi connectivity index (χ1v) is 5.96. The van der Waals surface area contributed by atoms with Gasteiger partial charge in [0.15, 0.2) is 0 Å². The second-order valence-electron chi connectivity index (χ2n) is 3.70. The van der Waals surface area contributed by atoms with Crippen molar-refractivity contribution in [2.24, 2.45) is 0 Å². The highest BCUT2D eigenvalue weighted by Gasteiger charge is 2.09. The molecule has 2 aromatic heterocycles. The number of pyridine rings is 1. The van der Waals surface area contributed by atoms with Gasteiger partial charge >= 0.3 is 0 Å². The van der Waals surface area contributed by atoms with Gasteiger partial charge in [-0.2, -0.15) is 10.2 Å². The zero-order valence-corrected chi connectivity index (χ0v) is 11.0. The minimum Gasteiger partial charge on any atom is -0.372 e. The van der Waals surface area contributed by atoms with E-state index < -0.39 is 0 Å². The molecule has 0 aromatic carbocycles. The Hall–Kier alpha value is -2.21. The number of aromatic nitrogens is 3. The summed E-state index contributed by atoms with van der Waals surface area (Å²) in [6, 6.07) is 5.10. The molecule has 2 rings (SSSR count). The third-order valence-corrected chi connectivity index (χ3v) is 2.69. The fourth-order valence-electron chi connectivity index (χ4n) is 1.45. The van der Waals surface area contributed by atoms with Gasteiger partial charge in [-0.3, -0.25) is 4.79 Å². The molecule has 2 N–H and O–H groups in total. The van der Waals surface area contributed by atoms with Crippen molar-refractivity contribution in [1.29, 1.82) is 0 Å². The van der Waals surface area contributed by atoms with Gasteiger partial charge in [0.1, 0.15) is 5.82 Å². The largest absolute Gasteiger partial charge is 0.372 e. The first-order chi connectivity index (χ1) is 9.20. The molecule has 7 heteroatoms. The number of nitrogens with one attached hydrogen (secondary N) is 2. The molecule has 0 aliphatic rings. The Bertz CT molecular complexity index is 576. The number of nitrogens with zero attached hydrogens (tertiary/aromatic N) is 3. The third kappa shape index (κ3) is 3.38. The molecule has 0 saturated carbocycles. The molecular weight excluding hydrogens is 266 g/mol. The standard InChI is InChI=1S/C12H12ClN5O/c1-14-11-10(13)5-8(6-15-11)12(19)16-7-9-3-2-4-17-18-9/h2-6H,7H2,1H3,(H,14,15)(H,16,19). The maximum Gasteiger partial charge on any atom is 0.253 e. The fourth-order valence-corrected chi connectivity index (χ4v) is 1.71. The van der Waals surface area contributed by atoms with Crippen LogP contribution < -0.4 is 10.6 Å². The number of rotatable bonds is 4. The normalized spacial score (nSPS) is 10.0. The molecule has 0 bridgehead atoms. The van der Waals surface area contributed by atoms with Crippen molar-refractivity contribution in [3.05, 3.63) is 46.9 Å². The predicted molar refractivity (Wildman–Crippen MR) is 72.0 cm³/mol. The van der Waals surface area contributed by atoms with Gasteiger partial charge in [0.05, 0.1) is 22.8 Å². The number of amides is 1. The van der Waals surface area contributed by atoms with Crippen LogP contribution in [0.15, 0.2) is 30.6 Å². The molecule has 0 spiro atoms. The molecule has 2 heterocycles. The number of anilines is 1. The molecule has 0 aliphatic carbocycles. The van der Waals surface area contributed by atoms with Crippen LogP contribution in [-0.4, -0.2) is 28.1 Å². The van der Waals surface area contributed by atoms with Gasteiger partial charge in [-0.1, -0.05) is 11.6 Å². The molecule has 0 fully saturated rings. The van der Waals surface area contributed by atoms with E-state index in [1.54, 1.807) is 31.4 Å². The first-order valence-electron chi connectivity index (χ1n) is 5.59. The highest BCUT2D eigenvalue weighted by atomic mass is 35.5. The van der Waals surface area contributed by atoms with Crippen molar-refractivity contribution in [2.45, 2.75) is 6.54 Å². The van der Waals surface area contributed by atoms with E-state index in [2.05, 4.69) is 25.8 Å². The van der Waals surface area contributed by atoms with Crippen LogP contribution in [0.3, 0.4) is 0 Å². The maximum atomic E-state index is 11.9. The van der Waals surface area contributed by atoms with Crippen LogP contribution in [0, 0.1) is 0 Å². The van der Waals surface area contributed by atoms with Crippen LogP contribution in [-0.2, 0) is 6.54 Å². The quantitative estimate of drug-likeness (QED) is 0.885. The van der Waals surface area contributed by atoms with Gasteiger partial charge in [0.2, 0.25) is 0 Å². The molecule has 6 nitrogen and oxygen atoms in total. The van der Waals surface area contributed by atoms with E-state index in [0.717, 1.165) is 0 Å². The van der Waals surface area contributed by atoms with E-state index in [-0.39, 0.29) is 5.91 Å².